The van der Waals surface area contributed by atoms with Crippen molar-refractivity contribution in [3.63, 3.8) is 0 Å². The summed E-state index contributed by atoms with van der Waals surface area (Å²) in [5.74, 6) is -10.9. The van der Waals surface area contributed by atoms with Gasteiger partial charge in [-0.05, 0) is 0 Å². The van der Waals surface area contributed by atoms with Crippen LogP contribution in [-0.2, 0) is 4.74 Å². The molecule has 0 aromatic carbocycles. The van der Waals surface area contributed by atoms with Crippen LogP contribution >= 0.6 is 0 Å². The molecule has 0 fully saturated rings. The Hall–Kier alpha value is -1.02. The first-order chi connectivity index (χ1) is 7.00. The van der Waals surface area contributed by atoms with E-state index in [1.807, 2.05) is 0 Å². The van der Waals surface area contributed by atoms with Gasteiger partial charge in [0.15, 0.2) is 6.67 Å². The van der Waals surface area contributed by atoms with E-state index in [0.717, 1.165) is 0 Å². The highest BCUT2D eigenvalue weighted by Crippen LogP contribution is 2.44. The molecule has 16 heavy (non-hydrogen) atoms. The van der Waals surface area contributed by atoms with Gasteiger partial charge in [-0.25, -0.2) is 4.39 Å². The zero-order valence-corrected chi connectivity index (χ0v) is 7.50. The first kappa shape index (κ1) is 15.0. The average Bonchev–Trinajstić information content (AvgIpc) is 2.11. The second-order valence-electron chi connectivity index (χ2n) is 2.70. The van der Waals surface area contributed by atoms with Crippen LogP contribution in [0.3, 0.4) is 0 Å². The quantitative estimate of drug-likeness (QED) is 0.543. The smallest absolute Gasteiger partial charge is 0.457 e. The van der Waals surface area contributed by atoms with E-state index in [1.54, 1.807) is 0 Å². The average molecular weight is 258 g/mol. The maximum absolute atomic E-state index is 12.5. The van der Waals surface area contributed by atoms with Gasteiger partial charge >= 0.3 is 18.0 Å². The molecule has 0 aliphatic carbocycles. The second-order valence-corrected chi connectivity index (χ2v) is 2.70. The highest BCUT2D eigenvalue weighted by atomic mass is 19.4. The van der Waals surface area contributed by atoms with Gasteiger partial charge in [0.25, 0.3) is 0 Å². The van der Waals surface area contributed by atoms with Crippen molar-refractivity contribution >= 4 is 0 Å². The van der Waals surface area contributed by atoms with Crippen LogP contribution in [0.5, 0.6) is 0 Å². The Morgan fingerprint density at radius 2 is 1.50 bits per heavy atom. The summed E-state index contributed by atoms with van der Waals surface area (Å²) in [6.07, 6.45) is -10.3. The Morgan fingerprint density at radius 1 is 1.06 bits per heavy atom. The SMILES string of the molecule is C=COC(C(F)(F)CF)C(F)(F)C(F)(F)F. The van der Waals surface area contributed by atoms with Crippen LogP contribution in [0.15, 0.2) is 12.8 Å². The zero-order valence-electron chi connectivity index (χ0n) is 7.50. The van der Waals surface area contributed by atoms with E-state index in [-0.39, 0.29) is 6.26 Å². The maximum atomic E-state index is 12.5. The van der Waals surface area contributed by atoms with Crippen molar-refractivity contribution in [3.05, 3.63) is 12.8 Å². The Bertz CT molecular complexity index is 245. The fraction of sp³-hybridized carbons (Fsp3) is 0.714. The van der Waals surface area contributed by atoms with E-state index in [1.165, 1.54) is 0 Å². The number of ether oxygens (including phenoxy) is 1. The third kappa shape index (κ3) is 2.76. The Morgan fingerprint density at radius 3 is 1.75 bits per heavy atom. The molecule has 0 heterocycles. The lowest BCUT2D eigenvalue weighted by molar-refractivity contribution is -0.341. The van der Waals surface area contributed by atoms with Crippen molar-refractivity contribution in [2.45, 2.75) is 24.1 Å². The van der Waals surface area contributed by atoms with Gasteiger partial charge in [-0.3, -0.25) is 0 Å². The molecule has 0 spiro atoms. The molecule has 0 aliphatic heterocycles. The summed E-state index contributed by atoms with van der Waals surface area (Å²) in [7, 11) is 0. The van der Waals surface area contributed by atoms with Gasteiger partial charge in [0, 0.05) is 0 Å². The molecule has 0 radical (unpaired) electrons. The summed E-state index contributed by atoms with van der Waals surface area (Å²) in [5, 5.41) is 0. The molecular formula is C7H6F8O. The predicted molar refractivity (Wildman–Crippen MR) is 37.0 cm³/mol. The summed E-state index contributed by atoms with van der Waals surface area (Å²) in [6.45, 7) is -0.146. The van der Waals surface area contributed by atoms with E-state index in [9.17, 15) is 35.1 Å². The van der Waals surface area contributed by atoms with E-state index in [0.29, 0.717) is 0 Å². The van der Waals surface area contributed by atoms with E-state index >= 15 is 0 Å². The number of rotatable bonds is 5. The molecule has 0 rings (SSSR count). The standard InChI is InChI=1S/C7H6F8O/c1-2-16-4(5(9,10)3-8)6(11,12)7(13,14)15/h2,4H,1,3H2. The number of hydrogen-bond acceptors (Lipinski definition) is 1. The Kier molecular flexibility index (Phi) is 4.18. The topological polar surface area (TPSA) is 9.23 Å². The highest BCUT2D eigenvalue weighted by Gasteiger charge is 2.70. The molecule has 1 atom stereocenters. The van der Waals surface area contributed by atoms with E-state index < -0.39 is 30.8 Å². The maximum Gasteiger partial charge on any atom is 0.457 e. The molecule has 0 saturated carbocycles. The molecule has 0 aromatic heterocycles. The lowest BCUT2D eigenvalue weighted by Crippen LogP contribution is -2.56. The fourth-order valence-electron chi connectivity index (χ4n) is 0.765. The van der Waals surface area contributed by atoms with Crippen molar-refractivity contribution in [1.82, 2.24) is 0 Å². The van der Waals surface area contributed by atoms with Crippen molar-refractivity contribution in [3.8, 4) is 0 Å². The number of alkyl halides is 8. The van der Waals surface area contributed by atoms with Crippen LogP contribution in [-0.4, -0.2) is 30.8 Å². The minimum Gasteiger partial charge on any atom is -0.485 e. The predicted octanol–water partition coefficient (Wildman–Crippen LogP) is 3.32. The Balaban J connectivity index is 5.29. The van der Waals surface area contributed by atoms with Crippen molar-refractivity contribution in [1.29, 1.82) is 0 Å². The van der Waals surface area contributed by atoms with Gasteiger partial charge in [0.1, 0.15) is 0 Å². The van der Waals surface area contributed by atoms with Gasteiger partial charge in [-0.1, -0.05) is 6.58 Å². The lowest BCUT2D eigenvalue weighted by atomic mass is 10.1. The molecule has 0 aromatic rings. The molecule has 96 valence electrons. The summed E-state index contributed by atoms with van der Waals surface area (Å²) in [4.78, 5) is 0. The highest BCUT2D eigenvalue weighted by molar-refractivity contribution is 4.95. The van der Waals surface area contributed by atoms with Crippen LogP contribution in [0, 0.1) is 0 Å². The first-order valence-electron chi connectivity index (χ1n) is 3.65. The van der Waals surface area contributed by atoms with Crippen molar-refractivity contribution in [2.75, 3.05) is 6.67 Å². The molecule has 1 unspecified atom stereocenters. The molecule has 0 bridgehead atoms. The van der Waals surface area contributed by atoms with Crippen LogP contribution in [0.25, 0.3) is 0 Å². The van der Waals surface area contributed by atoms with Gasteiger partial charge in [0.2, 0.25) is 6.10 Å². The van der Waals surface area contributed by atoms with Gasteiger partial charge in [-0.2, -0.15) is 30.7 Å². The molecule has 0 saturated heterocycles. The summed E-state index contributed by atoms with van der Waals surface area (Å²) in [6, 6.07) is 0. The van der Waals surface area contributed by atoms with Crippen molar-refractivity contribution in [2.24, 2.45) is 0 Å². The normalized spacial score (nSPS) is 15.8. The third-order valence-corrected chi connectivity index (χ3v) is 1.50. The summed E-state index contributed by atoms with van der Waals surface area (Å²) in [5.41, 5.74) is 0. The van der Waals surface area contributed by atoms with Crippen molar-refractivity contribution < 1.29 is 39.9 Å². The molecule has 0 N–H and O–H groups in total. The minimum atomic E-state index is -6.28. The van der Waals surface area contributed by atoms with Gasteiger partial charge in [-0.15, -0.1) is 0 Å². The van der Waals surface area contributed by atoms with E-state index in [4.69, 9.17) is 0 Å². The molecule has 9 heteroatoms. The molecule has 0 aliphatic rings. The van der Waals surface area contributed by atoms with Gasteiger partial charge < -0.3 is 4.74 Å². The molecule has 1 nitrogen and oxygen atoms in total. The van der Waals surface area contributed by atoms with Gasteiger partial charge in [0.05, 0.1) is 6.26 Å². The third-order valence-electron chi connectivity index (χ3n) is 1.50. The van der Waals surface area contributed by atoms with Crippen LogP contribution in [0.4, 0.5) is 35.1 Å². The first-order valence-corrected chi connectivity index (χ1v) is 3.65. The number of halogens is 8. The number of hydrogen-bond donors (Lipinski definition) is 0. The molecule has 0 amide bonds. The zero-order chi connectivity index (χ0) is 13.2. The van der Waals surface area contributed by atoms with Crippen LogP contribution < -0.4 is 0 Å². The second kappa shape index (κ2) is 4.46. The molecular weight excluding hydrogens is 252 g/mol. The monoisotopic (exact) mass is 258 g/mol. The summed E-state index contributed by atoms with van der Waals surface area (Å²) < 4.78 is 100. The minimum absolute atomic E-state index is 0.0338. The van der Waals surface area contributed by atoms with E-state index in [2.05, 4.69) is 11.3 Å². The summed E-state index contributed by atoms with van der Waals surface area (Å²) >= 11 is 0. The largest absolute Gasteiger partial charge is 0.485 e. The van der Waals surface area contributed by atoms with Crippen LogP contribution in [0.2, 0.25) is 0 Å². The fourth-order valence-corrected chi connectivity index (χ4v) is 0.765. The lowest BCUT2D eigenvalue weighted by Gasteiger charge is -2.31. The Labute approximate surface area is 84.7 Å². The van der Waals surface area contributed by atoms with Crippen LogP contribution in [0.1, 0.15) is 0 Å².